The summed E-state index contributed by atoms with van der Waals surface area (Å²) in [6.07, 6.45) is 0.477. The van der Waals surface area contributed by atoms with Crippen molar-refractivity contribution in [2.24, 2.45) is 0 Å². The average Bonchev–Trinajstić information content (AvgIpc) is 3.05. The molecule has 0 aliphatic heterocycles. The van der Waals surface area contributed by atoms with E-state index in [1.54, 1.807) is 12.1 Å². The minimum Gasteiger partial charge on any atom is -0.467 e. The van der Waals surface area contributed by atoms with Gasteiger partial charge in [-0.25, -0.2) is 4.79 Å². The number of hydrogen-bond donors (Lipinski definition) is 1. The zero-order valence-electron chi connectivity index (χ0n) is 13.1. The fourth-order valence-corrected chi connectivity index (χ4v) is 2.00. The molecule has 1 aromatic carbocycles. The monoisotopic (exact) mass is 332 g/mol. The first-order chi connectivity index (χ1) is 11.4. The molecule has 0 spiro atoms. The third kappa shape index (κ3) is 4.19. The van der Waals surface area contributed by atoms with Gasteiger partial charge in [-0.05, 0) is 38.1 Å². The number of hydrogen-bond acceptors (Lipinski definition) is 6. The van der Waals surface area contributed by atoms with Gasteiger partial charge in [0, 0.05) is 11.6 Å². The van der Waals surface area contributed by atoms with E-state index >= 15 is 0 Å². The number of carbonyl (C=O) groups is 2. The number of ether oxygens (including phenoxy) is 1. The van der Waals surface area contributed by atoms with Gasteiger partial charge in [-0.1, -0.05) is 0 Å². The lowest BCUT2D eigenvalue weighted by Gasteiger charge is -2.13. The highest BCUT2D eigenvalue weighted by molar-refractivity contribution is 5.92. The molecular formula is C16H16N2O6. The number of amides is 1. The number of nitrogens with one attached hydrogen (secondary N) is 1. The molecule has 24 heavy (non-hydrogen) atoms. The van der Waals surface area contributed by atoms with Gasteiger partial charge in [0.1, 0.15) is 5.76 Å². The van der Waals surface area contributed by atoms with Crippen LogP contribution < -0.4 is 5.32 Å². The molecule has 8 heteroatoms. The Kier molecular flexibility index (Phi) is 5.31. The molecule has 8 nitrogen and oxygen atoms in total. The van der Waals surface area contributed by atoms with Gasteiger partial charge < -0.3 is 14.5 Å². The number of carbonyl (C=O) groups excluding carboxylic acids is 2. The third-order valence-corrected chi connectivity index (χ3v) is 3.30. The summed E-state index contributed by atoms with van der Waals surface area (Å²) in [6, 6.07) is 7.28. The van der Waals surface area contributed by atoms with Crippen LogP contribution in [0.2, 0.25) is 0 Å². The maximum atomic E-state index is 12.0. The Morgan fingerprint density at radius 2 is 2.12 bits per heavy atom. The van der Waals surface area contributed by atoms with Crippen LogP contribution >= 0.6 is 0 Å². The molecule has 0 saturated heterocycles. The standard InChI is InChI=1S/C16H16N2O6/c1-10-8-12(5-6-14(10)18(21)22)16(20)24-11(2)15(19)17-9-13-4-3-7-23-13/h3-8,11H,9H2,1-2H3,(H,17,19)/t11-/m1/s1. The van der Waals surface area contributed by atoms with E-state index in [-0.39, 0.29) is 17.8 Å². The van der Waals surface area contributed by atoms with E-state index < -0.39 is 22.9 Å². The molecular weight excluding hydrogens is 316 g/mol. The minimum atomic E-state index is -1.01. The molecule has 1 atom stereocenters. The van der Waals surface area contributed by atoms with Crippen LogP contribution in [0, 0.1) is 17.0 Å². The number of benzene rings is 1. The summed E-state index contributed by atoms with van der Waals surface area (Å²) in [5, 5.41) is 13.3. The lowest BCUT2D eigenvalue weighted by atomic mass is 10.1. The highest BCUT2D eigenvalue weighted by atomic mass is 16.6. The highest BCUT2D eigenvalue weighted by Crippen LogP contribution is 2.19. The molecule has 0 saturated carbocycles. The van der Waals surface area contributed by atoms with E-state index in [0.717, 1.165) is 0 Å². The summed E-state index contributed by atoms with van der Waals surface area (Å²) in [5.74, 6) is -0.625. The molecule has 0 aliphatic rings. The fourth-order valence-electron chi connectivity index (χ4n) is 2.00. The smallest absolute Gasteiger partial charge is 0.338 e. The summed E-state index contributed by atoms with van der Waals surface area (Å²) >= 11 is 0. The van der Waals surface area contributed by atoms with Crippen LogP contribution in [0.15, 0.2) is 41.0 Å². The molecule has 126 valence electrons. The van der Waals surface area contributed by atoms with Crippen molar-refractivity contribution in [1.82, 2.24) is 5.32 Å². The summed E-state index contributed by atoms with van der Waals surface area (Å²) in [5.41, 5.74) is 0.393. The molecule has 1 amide bonds. The number of nitro groups is 1. The van der Waals surface area contributed by atoms with Gasteiger partial charge in [-0.3, -0.25) is 14.9 Å². The average molecular weight is 332 g/mol. The van der Waals surface area contributed by atoms with Crippen molar-refractivity contribution >= 4 is 17.6 Å². The van der Waals surface area contributed by atoms with Gasteiger partial charge in [-0.2, -0.15) is 0 Å². The zero-order chi connectivity index (χ0) is 17.7. The van der Waals surface area contributed by atoms with E-state index in [9.17, 15) is 19.7 Å². The molecule has 2 aromatic rings. The van der Waals surface area contributed by atoms with Gasteiger partial charge >= 0.3 is 5.97 Å². The zero-order valence-corrected chi connectivity index (χ0v) is 13.1. The van der Waals surface area contributed by atoms with E-state index in [2.05, 4.69) is 5.32 Å². The Hall–Kier alpha value is -3.16. The van der Waals surface area contributed by atoms with E-state index in [4.69, 9.17) is 9.15 Å². The highest BCUT2D eigenvalue weighted by Gasteiger charge is 2.20. The molecule has 0 radical (unpaired) electrons. The first kappa shape index (κ1) is 17.2. The molecule has 1 heterocycles. The summed E-state index contributed by atoms with van der Waals surface area (Å²) < 4.78 is 10.2. The Morgan fingerprint density at radius 3 is 2.71 bits per heavy atom. The first-order valence-electron chi connectivity index (χ1n) is 7.14. The number of nitro benzene ring substituents is 1. The quantitative estimate of drug-likeness (QED) is 0.494. The minimum absolute atomic E-state index is 0.0872. The van der Waals surface area contributed by atoms with Crippen molar-refractivity contribution in [3.8, 4) is 0 Å². The van der Waals surface area contributed by atoms with Gasteiger partial charge in [0.25, 0.3) is 11.6 Å². The van der Waals surface area contributed by atoms with Crippen LogP contribution in [0.25, 0.3) is 0 Å². The van der Waals surface area contributed by atoms with Crippen molar-refractivity contribution in [3.63, 3.8) is 0 Å². The largest absolute Gasteiger partial charge is 0.467 e. The number of esters is 1. The van der Waals surface area contributed by atoms with Crippen molar-refractivity contribution in [2.45, 2.75) is 26.5 Å². The predicted octanol–water partition coefficient (Wildman–Crippen LogP) is 2.36. The Balaban J connectivity index is 1.94. The summed E-state index contributed by atoms with van der Waals surface area (Å²) in [6.45, 7) is 3.15. The van der Waals surface area contributed by atoms with E-state index in [1.165, 1.54) is 38.3 Å². The summed E-state index contributed by atoms with van der Waals surface area (Å²) in [7, 11) is 0. The Labute approximate surface area is 137 Å². The fraction of sp³-hybridized carbons (Fsp3) is 0.250. The van der Waals surface area contributed by atoms with Crippen LogP contribution in [-0.4, -0.2) is 22.9 Å². The number of furan rings is 1. The number of aryl methyl sites for hydroxylation is 1. The van der Waals surface area contributed by atoms with Crippen molar-refractivity contribution < 1.29 is 23.7 Å². The maximum absolute atomic E-state index is 12.0. The van der Waals surface area contributed by atoms with E-state index in [0.29, 0.717) is 11.3 Å². The van der Waals surface area contributed by atoms with Gasteiger partial charge in [0.2, 0.25) is 0 Å². The Bertz CT molecular complexity index is 754. The van der Waals surface area contributed by atoms with Crippen molar-refractivity contribution in [2.75, 3.05) is 0 Å². The normalized spacial score (nSPS) is 11.6. The first-order valence-corrected chi connectivity index (χ1v) is 7.14. The van der Waals surface area contributed by atoms with Crippen LogP contribution in [0.5, 0.6) is 0 Å². The molecule has 0 bridgehead atoms. The predicted molar refractivity (Wildman–Crippen MR) is 83.3 cm³/mol. The molecule has 2 rings (SSSR count). The lowest BCUT2D eigenvalue weighted by Crippen LogP contribution is -2.35. The molecule has 1 aromatic heterocycles. The maximum Gasteiger partial charge on any atom is 0.338 e. The third-order valence-electron chi connectivity index (χ3n) is 3.30. The van der Waals surface area contributed by atoms with Crippen molar-refractivity contribution in [3.05, 3.63) is 63.6 Å². The second-order valence-corrected chi connectivity index (χ2v) is 5.10. The second-order valence-electron chi connectivity index (χ2n) is 5.10. The molecule has 1 N–H and O–H groups in total. The van der Waals surface area contributed by atoms with Gasteiger partial charge in [0.05, 0.1) is 23.3 Å². The second kappa shape index (κ2) is 7.40. The summed E-state index contributed by atoms with van der Waals surface area (Å²) in [4.78, 5) is 34.2. The topological polar surface area (TPSA) is 112 Å². The van der Waals surface area contributed by atoms with Crippen LogP contribution in [0.3, 0.4) is 0 Å². The van der Waals surface area contributed by atoms with Gasteiger partial charge in [0.15, 0.2) is 6.10 Å². The van der Waals surface area contributed by atoms with Crippen LogP contribution in [0.1, 0.15) is 28.6 Å². The SMILES string of the molecule is Cc1cc(C(=O)O[C@H](C)C(=O)NCc2ccco2)ccc1[N+](=O)[O-]. The lowest BCUT2D eigenvalue weighted by molar-refractivity contribution is -0.385. The van der Waals surface area contributed by atoms with Crippen LogP contribution in [-0.2, 0) is 16.1 Å². The van der Waals surface area contributed by atoms with Crippen molar-refractivity contribution in [1.29, 1.82) is 0 Å². The molecule has 0 fully saturated rings. The molecule has 0 aliphatic carbocycles. The van der Waals surface area contributed by atoms with E-state index in [1.807, 2.05) is 0 Å². The van der Waals surface area contributed by atoms with Gasteiger partial charge in [-0.15, -0.1) is 0 Å². The number of nitrogens with zero attached hydrogens (tertiary/aromatic N) is 1. The Morgan fingerprint density at radius 1 is 1.38 bits per heavy atom. The van der Waals surface area contributed by atoms with Crippen LogP contribution in [0.4, 0.5) is 5.69 Å². The number of rotatable bonds is 6. The molecule has 0 unspecified atom stereocenters.